The van der Waals surface area contributed by atoms with Crippen LogP contribution in [0, 0.1) is 0 Å². The number of carbonyl (C=O) groups excluding carboxylic acids is 6. The Morgan fingerprint density at radius 2 is 0.696 bits per heavy atom. The fourth-order valence-electron chi connectivity index (χ4n) is 5.11. The normalized spacial score (nSPS) is 11.6. The van der Waals surface area contributed by atoms with Gasteiger partial charge in [0.1, 0.15) is 0 Å². The van der Waals surface area contributed by atoms with Gasteiger partial charge in [-0.15, -0.1) is 0 Å². The van der Waals surface area contributed by atoms with Crippen molar-refractivity contribution in [3.05, 3.63) is 36.5 Å². The summed E-state index contributed by atoms with van der Waals surface area (Å²) in [5.74, 6) is -3.39. The molecule has 0 aliphatic heterocycles. The molecule has 0 aromatic rings. The van der Waals surface area contributed by atoms with Crippen molar-refractivity contribution >= 4 is 58.6 Å². The van der Waals surface area contributed by atoms with E-state index >= 15 is 0 Å². The van der Waals surface area contributed by atoms with E-state index in [1.54, 1.807) is 13.8 Å². The summed E-state index contributed by atoms with van der Waals surface area (Å²) >= 11 is 0. The van der Waals surface area contributed by atoms with Crippen LogP contribution in [0.15, 0.2) is 36.5 Å². The summed E-state index contributed by atoms with van der Waals surface area (Å²) in [6, 6.07) is 0. The van der Waals surface area contributed by atoms with Gasteiger partial charge in [-0.3, -0.25) is 28.1 Å². The van der Waals surface area contributed by atoms with E-state index in [-0.39, 0.29) is 37.6 Å². The van der Waals surface area contributed by atoms with Crippen LogP contribution in [0.25, 0.3) is 0 Å². The number of unbranched alkanes of at least 4 members (excludes halogenated alkanes) is 14. The van der Waals surface area contributed by atoms with E-state index in [0.29, 0.717) is 37.2 Å². The smallest absolute Gasteiger partial charge is 0.336 e. The number of rotatable bonds is 38. The Bertz CT molecular complexity index is 1680. The average Bonchev–Trinajstić information content (AvgIpc) is 3.24. The van der Waals surface area contributed by atoms with Crippen molar-refractivity contribution in [2.24, 2.45) is 0 Å². The first-order valence-corrected chi connectivity index (χ1v) is 28.7. The second kappa shape index (κ2) is 42.2. The summed E-state index contributed by atoms with van der Waals surface area (Å²) in [6.45, 7) is 18.5. The third kappa shape index (κ3) is 55.3. The maximum atomic E-state index is 11.7. The van der Waals surface area contributed by atoms with E-state index < -0.39 is 83.8 Å². The molecule has 402 valence electrons. The minimum absolute atomic E-state index is 0.191. The minimum atomic E-state index is -4.27. The molecule has 0 spiro atoms. The van der Waals surface area contributed by atoms with Crippen LogP contribution >= 0.6 is 22.8 Å². The van der Waals surface area contributed by atoms with Crippen LogP contribution in [0.4, 0.5) is 0 Å². The number of ether oxygens (including phenoxy) is 6. The highest BCUT2D eigenvalue weighted by Gasteiger charge is 2.22. The Morgan fingerprint density at radius 3 is 1.01 bits per heavy atom. The molecule has 0 amide bonds. The van der Waals surface area contributed by atoms with Gasteiger partial charge in [-0.25, -0.2) is 14.4 Å². The highest BCUT2D eigenvalue weighted by Crippen LogP contribution is 2.36. The van der Waals surface area contributed by atoms with Gasteiger partial charge < -0.3 is 57.8 Å². The zero-order valence-corrected chi connectivity index (χ0v) is 43.8. The summed E-state index contributed by atoms with van der Waals surface area (Å²) < 4.78 is 61.7. The maximum Gasteiger partial charge on any atom is 0.336 e. The van der Waals surface area contributed by atoms with Gasteiger partial charge in [-0.1, -0.05) is 90.9 Å². The van der Waals surface area contributed by atoms with E-state index in [1.807, 2.05) is 0 Å². The Kier molecular flexibility index (Phi) is 42.7. The number of carbonyl (C=O) groups is 6. The highest BCUT2D eigenvalue weighted by atomic mass is 31.2. The number of hydrogen-bond acceptors (Lipinski definition) is 15. The lowest BCUT2D eigenvalue weighted by atomic mass is 10.1. The van der Waals surface area contributed by atoms with Gasteiger partial charge in [-0.05, 0) is 65.7 Å². The lowest BCUT2D eigenvalue weighted by Gasteiger charge is -2.18. The summed E-state index contributed by atoms with van der Waals surface area (Å²) in [5.41, 5.74) is 0.966. The first-order valence-electron chi connectivity index (χ1n) is 23.3. The van der Waals surface area contributed by atoms with E-state index in [0.717, 1.165) is 83.5 Å². The summed E-state index contributed by atoms with van der Waals surface area (Å²) in [5, 5.41) is 0. The zero-order chi connectivity index (χ0) is 53.3. The van der Waals surface area contributed by atoms with E-state index in [2.05, 4.69) is 26.7 Å². The first-order chi connectivity index (χ1) is 32.1. The Labute approximate surface area is 408 Å². The molecule has 0 rings (SSSR count). The molecule has 0 aromatic heterocycles. The van der Waals surface area contributed by atoms with Crippen LogP contribution in [0.2, 0.25) is 0 Å². The summed E-state index contributed by atoms with van der Waals surface area (Å²) in [4.78, 5) is 120. The molecule has 0 fully saturated rings. The lowest BCUT2D eigenvalue weighted by Crippen LogP contribution is -2.25. The highest BCUT2D eigenvalue weighted by molar-refractivity contribution is 7.52. The van der Waals surface area contributed by atoms with Gasteiger partial charge in [0.25, 0.3) is 0 Å². The molecule has 0 saturated heterocycles. The van der Waals surface area contributed by atoms with Crippen molar-refractivity contribution in [2.45, 2.75) is 169 Å². The van der Waals surface area contributed by atoms with Gasteiger partial charge in [0.05, 0.1) is 64.2 Å². The van der Waals surface area contributed by atoms with Crippen molar-refractivity contribution in [2.75, 3.05) is 44.9 Å². The average molecular weight is 1050 g/mol. The monoisotopic (exact) mass is 1050 g/mol. The second-order valence-corrected chi connectivity index (χ2v) is 21.6. The van der Waals surface area contributed by atoms with Crippen LogP contribution in [0.3, 0.4) is 0 Å². The molecular weight excluding hydrogens is 969 g/mol. The largest absolute Gasteiger partial charge is 0.466 e. The SMILES string of the molecule is C=C(C)C(=O)OC(CCCCCCCCC)OC(=O)CCP(=O)(O)O.C=C(C)C(=O)OCCCCCCCCOC(=O)CCP(=O)(O)O.C=C(C)C(=O)OCCCCCCOC(=O)CCP(=O)(O)O. The third-order valence-corrected chi connectivity index (χ3v) is 11.4. The molecule has 0 saturated carbocycles. The van der Waals surface area contributed by atoms with Crippen LogP contribution in [-0.2, 0) is 70.9 Å². The quantitative estimate of drug-likeness (QED) is 0.00851. The van der Waals surface area contributed by atoms with Crippen molar-refractivity contribution in [3.63, 3.8) is 0 Å². The molecule has 1 unspecified atom stereocenters. The van der Waals surface area contributed by atoms with E-state index in [9.17, 15) is 42.5 Å². The van der Waals surface area contributed by atoms with Gasteiger partial charge in [0, 0.05) is 23.1 Å². The number of esters is 6. The van der Waals surface area contributed by atoms with E-state index in [4.69, 9.17) is 57.8 Å². The van der Waals surface area contributed by atoms with Gasteiger partial charge >= 0.3 is 58.6 Å². The van der Waals surface area contributed by atoms with Gasteiger partial charge in [-0.2, -0.15) is 0 Å². The summed E-state index contributed by atoms with van der Waals surface area (Å²) in [7, 11) is -12.5. The number of hydrogen-bond donors (Lipinski definition) is 6. The van der Waals surface area contributed by atoms with Crippen molar-refractivity contribution in [1.29, 1.82) is 0 Å². The fraction of sp³-hybridized carbons (Fsp3) is 0.733. The molecule has 0 bridgehead atoms. The van der Waals surface area contributed by atoms with E-state index in [1.165, 1.54) is 26.2 Å². The van der Waals surface area contributed by atoms with Crippen LogP contribution in [0.5, 0.6) is 0 Å². The Morgan fingerprint density at radius 1 is 0.406 bits per heavy atom. The fourth-order valence-corrected chi connectivity index (χ4v) is 6.53. The second-order valence-electron chi connectivity index (χ2n) is 16.2. The Balaban J connectivity index is -0.000000951. The molecular formula is C45H81O21P3. The molecule has 0 heterocycles. The standard InChI is InChI=1S/C17H31O7P.C15H27O7P.C13H23O7P/c1-4-5-6-7-8-9-10-11-16(24-17(19)14(2)3)23-15(18)12-13-25(20,21)22;1-13(2)15(17)22-11-8-6-4-3-5-7-10-21-14(16)9-12-23(18,19)20;1-11(2)13(15)20-9-6-4-3-5-8-19-12(14)7-10-21(16,17)18/h16H,2,4-13H2,1,3H3,(H2,20,21,22);1,3-12H2,2H3,(H2,18,19,20);1,3-10H2,2H3,(H2,16,17,18). The predicted molar refractivity (Wildman–Crippen MR) is 258 cm³/mol. The molecule has 0 radical (unpaired) electrons. The van der Waals surface area contributed by atoms with Gasteiger partial charge in [0.2, 0.25) is 6.29 Å². The van der Waals surface area contributed by atoms with Crippen LogP contribution in [-0.4, -0.2) is 116 Å². The molecule has 21 nitrogen and oxygen atoms in total. The lowest BCUT2D eigenvalue weighted by molar-refractivity contribution is -0.186. The maximum absolute atomic E-state index is 11.7. The molecule has 1 atom stereocenters. The van der Waals surface area contributed by atoms with Crippen LogP contribution in [0.1, 0.15) is 163 Å². The van der Waals surface area contributed by atoms with Crippen molar-refractivity contribution in [1.82, 2.24) is 0 Å². The topological polar surface area (TPSA) is 330 Å². The molecule has 0 aromatic carbocycles. The van der Waals surface area contributed by atoms with Crippen molar-refractivity contribution < 1.29 is 100 Å². The molecule has 24 heteroatoms. The van der Waals surface area contributed by atoms with Crippen LogP contribution < -0.4 is 0 Å². The molecule has 69 heavy (non-hydrogen) atoms. The zero-order valence-electron chi connectivity index (χ0n) is 41.1. The third-order valence-electron chi connectivity index (χ3n) is 8.98. The van der Waals surface area contributed by atoms with Gasteiger partial charge in [0.15, 0.2) is 0 Å². The predicted octanol–water partition coefficient (Wildman–Crippen LogP) is 8.02. The molecule has 6 N–H and O–H groups in total. The first kappa shape index (κ1) is 69.7. The van der Waals surface area contributed by atoms with Crippen molar-refractivity contribution in [3.8, 4) is 0 Å². The Hall–Kier alpha value is -3.51. The molecule has 0 aliphatic carbocycles. The minimum Gasteiger partial charge on any atom is -0.466 e. The summed E-state index contributed by atoms with van der Waals surface area (Å²) in [6.07, 6.45) is 12.7. The molecule has 0 aliphatic rings.